The highest BCUT2D eigenvalue weighted by Gasteiger charge is 2.26. The molecule has 2 amide bonds. The first-order chi connectivity index (χ1) is 10.6. The molecule has 0 aromatic heterocycles. The highest BCUT2D eigenvalue weighted by Crippen LogP contribution is 2.19. The van der Waals surface area contributed by atoms with Gasteiger partial charge in [0, 0.05) is 12.1 Å². The van der Waals surface area contributed by atoms with Crippen molar-refractivity contribution in [1.82, 2.24) is 5.32 Å². The van der Waals surface area contributed by atoms with Crippen LogP contribution in [0.1, 0.15) is 65.9 Å². The third-order valence-electron chi connectivity index (χ3n) is 3.16. The monoisotopic (exact) mass is 306 g/mol. The number of piperidine rings is 1. The molecule has 1 aliphatic heterocycles. The summed E-state index contributed by atoms with van der Waals surface area (Å²) in [6.45, 7) is 12.3. The van der Waals surface area contributed by atoms with Crippen LogP contribution in [0.2, 0.25) is 0 Å². The Morgan fingerprint density at radius 1 is 1.05 bits per heavy atom. The van der Waals surface area contributed by atoms with Crippen LogP contribution in [-0.4, -0.2) is 17.9 Å². The number of hydrogen-bond acceptors (Lipinski definition) is 3. The van der Waals surface area contributed by atoms with E-state index in [1.165, 1.54) is 5.56 Å². The smallest absolute Gasteiger partial charge is 0.249 e. The molecule has 1 aromatic carbocycles. The van der Waals surface area contributed by atoms with Crippen molar-refractivity contribution in [3.8, 4) is 0 Å². The maximum atomic E-state index is 11.6. The van der Waals surface area contributed by atoms with E-state index in [1.54, 1.807) is 0 Å². The summed E-state index contributed by atoms with van der Waals surface area (Å²) in [6, 6.07) is 7.74. The molecule has 124 valence electrons. The molecule has 2 rings (SSSR count). The minimum Gasteiger partial charge on any atom is -0.374 e. The molecule has 1 fully saturated rings. The van der Waals surface area contributed by atoms with Crippen molar-refractivity contribution in [2.45, 2.75) is 66.3 Å². The molecule has 4 nitrogen and oxygen atoms in total. The number of rotatable bonds is 3. The average molecular weight is 306 g/mol. The number of anilines is 1. The molecule has 1 heterocycles. The lowest BCUT2D eigenvalue weighted by molar-refractivity contribution is -0.133. The van der Waals surface area contributed by atoms with Gasteiger partial charge in [0.2, 0.25) is 11.8 Å². The average Bonchev–Trinajstić information content (AvgIpc) is 2.54. The van der Waals surface area contributed by atoms with E-state index >= 15 is 0 Å². The van der Waals surface area contributed by atoms with Gasteiger partial charge in [-0.2, -0.15) is 0 Å². The molecule has 0 saturated carbocycles. The minimum atomic E-state index is -0.312. The quantitative estimate of drug-likeness (QED) is 0.827. The second-order valence-corrected chi connectivity index (χ2v) is 4.92. The van der Waals surface area contributed by atoms with Crippen LogP contribution in [0.15, 0.2) is 24.3 Å². The molecule has 0 bridgehead atoms. The maximum absolute atomic E-state index is 11.6. The van der Waals surface area contributed by atoms with Gasteiger partial charge in [0.05, 0.1) is 0 Å². The van der Waals surface area contributed by atoms with E-state index in [1.807, 2.05) is 39.8 Å². The normalized spacial score (nSPS) is 16.8. The third-order valence-corrected chi connectivity index (χ3v) is 3.16. The van der Waals surface area contributed by atoms with Gasteiger partial charge in [-0.1, -0.05) is 53.7 Å². The van der Waals surface area contributed by atoms with Gasteiger partial charge in [-0.05, 0) is 30.0 Å². The highest BCUT2D eigenvalue weighted by molar-refractivity contribution is 6.01. The van der Waals surface area contributed by atoms with Gasteiger partial charge >= 0.3 is 0 Å². The molecule has 22 heavy (non-hydrogen) atoms. The van der Waals surface area contributed by atoms with Crippen molar-refractivity contribution >= 4 is 17.5 Å². The number of hydrogen-bond donors (Lipinski definition) is 2. The first-order valence-electron chi connectivity index (χ1n) is 8.26. The van der Waals surface area contributed by atoms with E-state index in [0.717, 1.165) is 5.69 Å². The Balaban J connectivity index is 0.00000102. The number of carbonyl (C=O) groups is 2. The number of benzene rings is 1. The molecule has 0 radical (unpaired) electrons. The fourth-order valence-corrected chi connectivity index (χ4v) is 2.00. The number of amides is 2. The SMILES string of the molecule is CC.CC.CC(C)c1ccc(NC2CCC(=O)NC2=O)cc1. The van der Waals surface area contributed by atoms with E-state index in [0.29, 0.717) is 18.8 Å². The summed E-state index contributed by atoms with van der Waals surface area (Å²) >= 11 is 0. The minimum absolute atomic E-state index is 0.187. The first kappa shape index (κ1) is 20.2. The van der Waals surface area contributed by atoms with Crippen molar-refractivity contribution in [3.05, 3.63) is 29.8 Å². The molecule has 1 atom stereocenters. The van der Waals surface area contributed by atoms with Crippen LogP contribution in [0.5, 0.6) is 0 Å². The predicted molar refractivity (Wildman–Crippen MR) is 93.0 cm³/mol. The second-order valence-electron chi connectivity index (χ2n) is 4.92. The van der Waals surface area contributed by atoms with Crippen molar-refractivity contribution in [2.75, 3.05) is 5.32 Å². The Morgan fingerprint density at radius 2 is 1.59 bits per heavy atom. The Morgan fingerprint density at radius 3 is 2.05 bits per heavy atom. The van der Waals surface area contributed by atoms with E-state index in [-0.39, 0.29) is 17.9 Å². The standard InChI is InChI=1S/C14H18N2O2.2C2H6/c1-9(2)10-3-5-11(6-4-10)15-12-7-8-13(17)16-14(12)18;2*1-2/h3-6,9,12,15H,7-8H2,1-2H3,(H,16,17,18);2*1-2H3. The summed E-state index contributed by atoms with van der Waals surface area (Å²) in [6.07, 6.45) is 0.948. The van der Waals surface area contributed by atoms with Crippen LogP contribution >= 0.6 is 0 Å². The van der Waals surface area contributed by atoms with Crippen molar-refractivity contribution in [2.24, 2.45) is 0 Å². The summed E-state index contributed by atoms with van der Waals surface area (Å²) in [7, 11) is 0. The first-order valence-corrected chi connectivity index (χ1v) is 8.26. The van der Waals surface area contributed by atoms with Crippen LogP contribution in [0.3, 0.4) is 0 Å². The van der Waals surface area contributed by atoms with Gasteiger partial charge in [-0.15, -0.1) is 0 Å². The topological polar surface area (TPSA) is 58.2 Å². The van der Waals surface area contributed by atoms with Gasteiger partial charge in [-0.3, -0.25) is 14.9 Å². The van der Waals surface area contributed by atoms with Crippen LogP contribution in [-0.2, 0) is 9.59 Å². The lowest BCUT2D eigenvalue weighted by atomic mass is 10.0. The maximum Gasteiger partial charge on any atom is 0.249 e. The van der Waals surface area contributed by atoms with Crippen molar-refractivity contribution < 1.29 is 9.59 Å². The number of imide groups is 1. The molecule has 4 heteroatoms. The summed E-state index contributed by atoms with van der Waals surface area (Å²) < 4.78 is 0. The summed E-state index contributed by atoms with van der Waals surface area (Å²) in [5.74, 6) is 0.0713. The molecule has 1 saturated heterocycles. The van der Waals surface area contributed by atoms with Gasteiger partial charge in [0.1, 0.15) is 6.04 Å². The predicted octanol–water partition coefficient (Wildman–Crippen LogP) is 4.08. The Labute approximate surface area is 134 Å². The molecule has 2 N–H and O–H groups in total. The van der Waals surface area contributed by atoms with Crippen LogP contribution < -0.4 is 10.6 Å². The van der Waals surface area contributed by atoms with Gasteiger partial charge in [-0.25, -0.2) is 0 Å². The Bertz CT molecular complexity index is 453. The summed E-state index contributed by atoms with van der Waals surface area (Å²) in [5.41, 5.74) is 2.18. The molecule has 0 spiro atoms. The fourth-order valence-electron chi connectivity index (χ4n) is 2.00. The lowest BCUT2D eigenvalue weighted by Crippen LogP contribution is -2.47. The lowest BCUT2D eigenvalue weighted by Gasteiger charge is -2.23. The van der Waals surface area contributed by atoms with E-state index in [9.17, 15) is 9.59 Å². The van der Waals surface area contributed by atoms with E-state index in [4.69, 9.17) is 0 Å². The molecular weight excluding hydrogens is 276 g/mol. The molecule has 1 unspecified atom stereocenters. The Hall–Kier alpha value is -1.84. The van der Waals surface area contributed by atoms with Crippen LogP contribution in [0.25, 0.3) is 0 Å². The third kappa shape index (κ3) is 6.29. The molecular formula is C18H30N2O2. The van der Waals surface area contributed by atoms with Gasteiger partial charge in [0.15, 0.2) is 0 Å². The highest BCUT2D eigenvalue weighted by atomic mass is 16.2. The van der Waals surface area contributed by atoms with Crippen molar-refractivity contribution in [3.63, 3.8) is 0 Å². The van der Waals surface area contributed by atoms with Crippen LogP contribution in [0, 0.1) is 0 Å². The zero-order valence-electron chi connectivity index (χ0n) is 14.7. The van der Waals surface area contributed by atoms with Crippen LogP contribution in [0.4, 0.5) is 5.69 Å². The zero-order chi connectivity index (χ0) is 17.1. The number of nitrogens with one attached hydrogen (secondary N) is 2. The van der Waals surface area contributed by atoms with E-state index < -0.39 is 0 Å². The second kappa shape index (κ2) is 10.8. The van der Waals surface area contributed by atoms with Crippen molar-refractivity contribution in [1.29, 1.82) is 0 Å². The van der Waals surface area contributed by atoms with E-state index in [2.05, 4.69) is 36.6 Å². The summed E-state index contributed by atoms with van der Waals surface area (Å²) in [5, 5.41) is 5.49. The molecule has 1 aliphatic rings. The zero-order valence-corrected chi connectivity index (χ0v) is 14.7. The number of carbonyl (C=O) groups excluding carboxylic acids is 2. The molecule has 0 aliphatic carbocycles. The molecule has 1 aromatic rings. The summed E-state index contributed by atoms with van der Waals surface area (Å²) in [4.78, 5) is 22.6. The van der Waals surface area contributed by atoms with Gasteiger partial charge < -0.3 is 5.32 Å². The van der Waals surface area contributed by atoms with Gasteiger partial charge in [0.25, 0.3) is 0 Å². The fraction of sp³-hybridized carbons (Fsp3) is 0.556. The largest absolute Gasteiger partial charge is 0.374 e. The Kier molecular flexibility index (Phi) is 9.92.